The highest BCUT2D eigenvalue weighted by molar-refractivity contribution is 14.1. The summed E-state index contributed by atoms with van der Waals surface area (Å²) in [7, 11) is 0. The van der Waals surface area contributed by atoms with Crippen molar-refractivity contribution in [3.63, 3.8) is 0 Å². The number of nitrogens with zero attached hydrogens (tertiary/aromatic N) is 2. The molecule has 2 aliphatic heterocycles. The molecule has 4 aromatic carbocycles. The molecule has 0 unspecified atom stereocenters. The topological polar surface area (TPSA) is 57.4 Å². The molecule has 9 rings (SSSR count). The molecule has 5 heteroatoms. The zero-order chi connectivity index (χ0) is 37.8. The minimum absolute atomic E-state index is 0.918. The minimum Gasteiger partial charge on any atom is -0.354 e. The lowest BCUT2D eigenvalue weighted by Gasteiger charge is -2.08. The molecule has 0 saturated heterocycles. The molecule has 0 fully saturated rings. The van der Waals surface area contributed by atoms with Gasteiger partial charge in [0.25, 0.3) is 0 Å². The molecule has 0 amide bonds. The summed E-state index contributed by atoms with van der Waals surface area (Å²) < 4.78 is 1.15. The molecule has 7 aromatic rings. The Morgan fingerprint density at radius 3 is 1.09 bits per heavy atom. The summed E-state index contributed by atoms with van der Waals surface area (Å²) in [5.41, 5.74) is 19.1. The number of benzene rings is 4. The lowest BCUT2D eigenvalue weighted by molar-refractivity contribution is 0.795. The number of unbranched alkanes of at least 4 members (excludes halogenated alkanes) is 1. The molecular formula is C51H43IN4. The van der Waals surface area contributed by atoms with Crippen molar-refractivity contribution in [1.29, 1.82) is 0 Å². The molecule has 0 radical (unpaired) electrons. The molecule has 0 spiro atoms. The van der Waals surface area contributed by atoms with Crippen LogP contribution in [0.3, 0.4) is 0 Å². The standard InChI is InChI=1S/C51H43IN4/c1-2-3-11-34-17-21-38(22-18-34)50-44-29-25-40(53-44)48(36-13-6-4-7-14-36)42-27-31-46(55-42)51(39-23-19-35(20-24-39)12-10-33-52)47-32-28-43(56-47)49(37-15-8-5-9-16-37)41-26-30-45(50)54-41/h4-9,13-32,53,56H,2-3,10-12,33H2,1H3. The van der Waals surface area contributed by atoms with Gasteiger partial charge in [-0.2, -0.15) is 0 Å². The van der Waals surface area contributed by atoms with Crippen molar-refractivity contribution in [2.24, 2.45) is 0 Å². The van der Waals surface area contributed by atoms with Crippen LogP contribution in [0.1, 0.15) is 60.1 Å². The first-order valence-electron chi connectivity index (χ1n) is 19.7. The van der Waals surface area contributed by atoms with E-state index in [1.165, 1.54) is 30.4 Å². The molecule has 0 aliphatic carbocycles. The van der Waals surface area contributed by atoms with Crippen LogP contribution < -0.4 is 0 Å². The number of nitrogens with one attached hydrogen (secondary N) is 2. The minimum atomic E-state index is 0.918. The number of hydrogen-bond acceptors (Lipinski definition) is 2. The highest BCUT2D eigenvalue weighted by Crippen LogP contribution is 2.38. The normalized spacial score (nSPS) is 12.0. The highest BCUT2D eigenvalue weighted by Gasteiger charge is 2.19. The highest BCUT2D eigenvalue weighted by atomic mass is 127. The van der Waals surface area contributed by atoms with Gasteiger partial charge in [0.15, 0.2) is 0 Å². The van der Waals surface area contributed by atoms with Crippen LogP contribution in [0.5, 0.6) is 0 Å². The van der Waals surface area contributed by atoms with E-state index in [1.54, 1.807) is 0 Å². The summed E-state index contributed by atoms with van der Waals surface area (Å²) in [6, 6.07) is 48.1. The number of halogens is 1. The van der Waals surface area contributed by atoms with E-state index in [2.05, 4.69) is 197 Å². The molecule has 2 N–H and O–H groups in total. The van der Waals surface area contributed by atoms with Gasteiger partial charge in [0.05, 0.1) is 22.8 Å². The van der Waals surface area contributed by atoms with E-state index in [9.17, 15) is 0 Å². The monoisotopic (exact) mass is 838 g/mol. The van der Waals surface area contributed by atoms with Crippen LogP contribution in [0.25, 0.3) is 90.9 Å². The first kappa shape index (κ1) is 35.9. The summed E-state index contributed by atoms with van der Waals surface area (Å²) in [6.45, 7) is 2.25. The summed E-state index contributed by atoms with van der Waals surface area (Å²) in [5.74, 6) is 0. The van der Waals surface area contributed by atoms with Crippen molar-refractivity contribution < 1.29 is 0 Å². The number of aryl methyl sites for hydroxylation is 2. The Hall–Kier alpha value is -5.79. The maximum Gasteiger partial charge on any atom is 0.0737 e. The Bertz CT molecular complexity index is 2540. The Kier molecular flexibility index (Phi) is 10.3. The average Bonchev–Trinajstić information content (AvgIpc) is 4.09. The fourth-order valence-electron chi connectivity index (χ4n) is 7.96. The van der Waals surface area contributed by atoms with Crippen molar-refractivity contribution in [3.8, 4) is 44.5 Å². The van der Waals surface area contributed by atoms with E-state index in [-0.39, 0.29) is 0 Å². The Morgan fingerprint density at radius 2 is 0.750 bits per heavy atom. The Balaban J connectivity index is 1.39. The van der Waals surface area contributed by atoms with Crippen LogP contribution in [0, 0.1) is 0 Å². The maximum atomic E-state index is 5.45. The number of H-pyrrole nitrogens is 2. The third kappa shape index (κ3) is 7.19. The van der Waals surface area contributed by atoms with Crippen LogP contribution in [-0.2, 0) is 12.8 Å². The van der Waals surface area contributed by atoms with Crippen LogP contribution in [-0.4, -0.2) is 24.4 Å². The van der Waals surface area contributed by atoms with E-state index < -0.39 is 0 Å². The molecule has 4 nitrogen and oxygen atoms in total. The van der Waals surface area contributed by atoms with Crippen LogP contribution in [0.4, 0.5) is 0 Å². The zero-order valence-corrected chi connectivity index (χ0v) is 33.7. The second kappa shape index (κ2) is 16.1. The second-order valence-electron chi connectivity index (χ2n) is 14.5. The molecule has 56 heavy (non-hydrogen) atoms. The van der Waals surface area contributed by atoms with Crippen molar-refractivity contribution in [2.75, 3.05) is 4.43 Å². The van der Waals surface area contributed by atoms with Gasteiger partial charge in [-0.05, 0) is 112 Å². The third-order valence-corrected chi connectivity index (χ3v) is 11.5. The molecular weight excluding hydrogens is 795 g/mol. The van der Waals surface area contributed by atoms with Crippen molar-refractivity contribution in [1.82, 2.24) is 19.9 Å². The first-order valence-corrected chi connectivity index (χ1v) is 21.2. The van der Waals surface area contributed by atoms with E-state index >= 15 is 0 Å². The average molecular weight is 839 g/mol. The van der Waals surface area contributed by atoms with Gasteiger partial charge in [-0.15, -0.1) is 0 Å². The summed E-state index contributed by atoms with van der Waals surface area (Å²) in [5, 5.41) is 0. The molecule has 5 heterocycles. The molecule has 2 aliphatic rings. The van der Waals surface area contributed by atoms with Crippen molar-refractivity contribution in [2.45, 2.75) is 39.0 Å². The Morgan fingerprint density at radius 1 is 0.411 bits per heavy atom. The summed E-state index contributed by atoms with van der Waals surface area (Å²) in [4.78, 5) is 18.7. The molecule has 0 saturated carbocycles. The van der Waals surface area contributed by atoms with E-state index in [1.807, 2.05) is 0 Å². The SMILES string of the molecule is CCCCc1ccc(-c2c3nc(c(-c4ccccc4)c4ccc([nH]4)c(-c4ccc(CCCI)cc4)c4nc(c(-c5ccccc5)c5ccc2[nH]5)C=C4)C=C3)cc1. The fourth-order valence-corrected chi connectivity index (χ4v) is 8.34. The van der Waals surface area contributed by atoms with Gasteiger partial charge < -0.3 is 9.97 Å². The first-order chi connectivity index (χ1) is 27.7. The number of aromatic amines is 2. The zero-order valence-electron chi connectivity index (χ0n) is 31.5. The van der Waals surface area contributed by atoms with Gasteiger partial charge in [0.2, 0.25) is 0 Å². The number of fused-ring (bicyclic) bond motifs is 8. The predicted molar refractivity (Wildman–Crippen MR) is 246 cm³/mol. The molecule has 8 bridgehead atoms. The van der Waals surface area contributed by atoms with Crippen LogP contribution >= 0.6 is 22.6 Å². The van der Waals surface area contributed by atoms with Gasteiger partial charge in [0, 0.05) is 44.3 Å². The van der Waals surface area contributed by atoms with Gasteiger partial charge in [-0.3, -0.25) is 0 Å². The number of rotatable bonds is 10. The van der Waals surface area contributed by atoms with Gasteiger partial charge in [-0.25, -0.2) is 9.97 Å². The summed E-state index contributed by atoms with van der Waals surface area (Å²) >= 11 is 2.46. The third-order valence-electron chi connectivity index (χ3n) is 10.8. The van der Waals surface area contributed by atoms with Crippen molar-refractivity contribution in [3.05, 3.63) is 167 Å². The maximum absolute atomic E-state index is 5.45. The number of alkyl halides is 1. The van der Waals surface area contributed by atoms with Crippen LogP contribution in [0.15, 0.2) is 133 Å². The lowest BCUT2D eigenvalue weighted by Crippen LogP contribution is -1.91. The summed E-state index contributed by atoms with van der Waals surface area (Å²) in [6.07, 6.45) is 14.4. The molecule has 274 valence electrons. The number of hydrogen-bond donors (Lipinski definition) is 2. The van der Waals surface area contributed by atoms with Gasteiger partial charge in [0.1, 0.15) is 0 Å². The van der Waals surface area contributed by atoms with Gasteiger partial charge >= 0.3 is 0 Å². The molecule has 3 aromatic heterocycles. The predicted octanol–water partition coefficient (Wildman–Crippen LogP) is 14.0. The van der Waals surface area contributed by atoms with E-state index in [0.717, 1.165) is 107 Å². The lowest BCUT2D eigenvalue weighted by atomic mass is 10.0. The van der Waals surface area contributed by atoms with E-state index in [0.29, 0.717) is 0 Å². The van der Waals surface area contributed by atoms with Crippen molar-refractivity contribution >= 4 is 69.0 Å². The quantitative estimate of drug-likeness (QED) is 0.106. The number of aromatic nitrogens is 4. The fraction of sp³-hybridized carbons (Fsp3) is 0.137. The Labute approximate surface area is 342 Å². The van der Waals surface area contributed by atoms with Crippen LogP contribution in [0.2, 0.25) is 0 Å². The largest absolute Gasteiger partial charge is 0.354 e. The molecule has 0 atom stereocenters. The van der Waals surface area contributed by atoms with E-state index in [4.69, 9.17) is 9.97 Å². The van der Waals surface area contributed by atoms with Gasteiger partial charge in [-0.1, -0.05) is 145 Å². The second-order valence-corrected chi connectivity index (χ2v) is 15.6. The smallest absolute Gasteiger partial charge is 0.0737 e.